The van der Waals surface area contributed by atoms with Crippen LogP contribution in [0.4, 0.5) is 0 Å². The van der Waals surface area contributed by atoms with Crippen LogP contribution < -0.4 is 5.73 Å². The molecule has 2 aromatic rings. The van der Waals surface area contributed by atoms with Gasteiger partial charge in [0, 0.05) is 25.3 Å². The van der Waals surface area contributed by atoms with E-state index in [1.165, 1.54) is 5.56 Å². The van der Waals surface area contributed by atoms with E-state index in [1.54, 1.807) is 6.20 Å². The number of hydrogen-bond donors (Lipinski definition) is 1. The van der Waals surface area contributed by atoms with E-state index in [1.807, 2.05) is 34.0 Å². The standard InChI is InChI=1S/C17H22N4O.ClH/c18-10-16-8-4-5-9-21(16)17(22)15-11-19-20(13-15)12-14-6-2-1-3-7-14;/h1-3,6-7,11,13,16H,4-5,8-10,12,18H2;1H. The molecule has 0 bridgehead atoms. The lowest BCUT2D eigenvalue weighted by Gasteiger charge is -2.34. The van der Waals surface area contributed by atoms with E-state index in [0.29, 0.717) is 18.7 Å². The molecule has 124 valence electrons. The Morgan fingerprint density at radius 3 is 2.78 bits per heavy atom. The minimum absolute atomic E-state index is 0. The van der Waals surface area contributed by atoms with Crippen LogP contribution in [0.3, 0.4) is 0 Å². The first kappa shape index (κ1) is 17.5. The number of piperidine rings is 1. The summed E-state index contributed by atoms with van der Waals surface area (Å²) in [4.78, 5) is 14.6. The number of nitrogens with zero attached hydrogens (tertiary/aromatic N) is 3. The van der Waals surface area contributed by atoms with Gasteiger partial charge in [-0.3, -0.25) is 9.48 Å². The Hall–Kier alpha value is -1.85. The van der Waals surface area contributed by atoms with Gasteiger partial charge in [-0.1, -0.05) is 30.3 Å². The number of likely N-dealkylation sites (tertiary alicyclic amines) is 1. The fraction of sp³-hybridized carbons (Fsp3) is 0.412. The summed E-state index contributed by atoms with van der Waals surface area (Å²) in [6, 6.07) is 10.3. The van der Waals surface area contributed by atoms with Crippen LogP contribution in [-0.4, -0.2) is 39.7 Å². The molecule has 1 atom stereocenters. The number of amides is 1. The van der Waals surface area contributed by atoms with Crippen molar-refractivity contribution in [3.8, 4) is 0 Å². The fourth-order valence-electron chi connectivity index (χ4n) is 3.01. The maximum absolute atomic E-state index is 12.7. The lowest BCUT2D eigenvalue weighted by atomic mass is 10.0. The largest absolute Gasteiger partial charge is 0.334 e. The van der Waals surface area contributed by atoms with Crippen LogP contribution in [0.15, 0.2) is 42.7 Å². The molecule has 2 N–H and O–H groups in total. The molecule has 23 heavy (non-hydrogen) atoms. The Morgan fingerprint density at radius 1 is 1.26 bits per heavy atom. The van der Waals surface area contributed by atoms with Crippen molar-refractivity contribution in [1.29, 1.82) is 0 Å². The van der Waals surface area contributed by atoms with Crippen molar-refractivity contribution in [1.82, 2.24) is 14.7 Å². The highest BCUT2D eigenvalue weighted by atomic mass is 35.5. The van der Waals surface area contributed by atoms with Crippen molar-refractivity contribution in [3.63, 3.8) is 0 Å². The first-order valence-electron chi connectivity index (χ1n) is 7.85. The van der Waals surface area contributed by atoms with Gasteiger partial charge in [0.15, 0.2) is 0 Å². The average molecular weight is 335 g/mol. The van der Waals surface area contributed by atoms with Crippen molar-refractivity contribution in [2.75, 3.05) is 13.1 Å². The van der Waals surface area contributed by atoms with Gasteiger partial charge in [-0.25, -0.2) is 0 Å². The third kappa shape index (κ3) is 4.12. The summed E-state index contributed by atoms with van der Waals surface area (Å²) in [5.74, 6) is 0.0504. The maximum Gasteiger partial charge on any atom is 0.257 e. The summed E-state index contributed by atoms with van der Waals surface area (Å²) >= 11 is 0. The summed E-state index contributed by atoms with van der Waals surface area (Å²) < 4.78 is 1.81. The van der Waals surface area contributed by atoms with Crippen LogP contribution in [0.1, 0.15) is 35.2 Å². The lowest BCUT2D eigenvalue weighted by Crippen LogP contribution is -2.47. The van der Waals surface area contributed by atoms with Gasteiger partial charge in [-0.2, -0.15) is 5.10 Å². The maximum atomic E-state index is 12.7. The molecular formula is C17H23ClN4O. The Bertz CT molecular complexity index is 629. The SMILES string of the molecule is Cl.NCC1CCCCN1C(=O)c1cnn(Cc2ccccc2)c1. The molecule has 1 amide bonds. The van der Waals surface area contributed by atoms with Crippen molar-refractivity contribution in [3.05, 3.63) is 53.9 Å². The van der Waals surface area contributed by atoms with E-state index in [4.69, 9.17) is 5.73 Å². The first-order valence-corrected chi connectivity index (χ1v) is 7.85. The molecular weight excluding hydrogens is 312 g/mol. The highest BCUT2D eigenvalue weighted by Gasteiger charge is 2.27. The molecule has 5 nitrogen and oxygen atoms in total. The summed E-state index contributed by atoms with van der Waals surface area (Å²) in [5, 5.41) is 4.32. The predicted octanol–water partition coefficient (Wildman–Crippen LogP) is 2.31. The zero-order valence-electron chi connectivity index (χ0n) is 13.1. The van der Waals surface area contributed by atoms with Gasteiger partial charge in [-0.15, -0.1) is 12.4 Å². The third-order valence-electron chi connectivity index (χ3n) is 4.23. The van der Waals surface area contributed by atoms with Gasteiger partial charge in [0.1, 0.15) is 0 Å². The van der Waals surface area contributed by atoms with Gasteiger partial charge in [0.25, 0.3) is 5.91 Å². The van der Waals surface area contributed by atoms with Gasteiger partial charge in [0.2, 0.25) is 0 Å². The van der Waals surface area contributed by atoms with E-state index in [-0.39, 0.29) is 24.4 Å². The highest BCUT2D eigenvalue weighted by Crippen LogP contribution is 2.19. The number of benzene rings is 1. The van der Waals surface area contributed by atoms with Gasteiger partial charge in [-0.05, 0) is 24.8 Å². The van der Waals surface area contributed by atoms with Gasteiger partial charge < -0.3 is 10.6 Å². The highest BCUT2D eigenvalue weighted by molar-refractivity contribution is 5.94. The number of nitrogens with two attached hydrogens (primary N) is 1. The zero-order valence-corrected chi connectivity index (χ0v) is 13.9. The minimum atomic E-state index is 0. The second-order valence-electron chi connectivity index (χ2n) is 5.80. The molecule has 1 fully saturated rings. The average Bonchev–Trinajstić information content (AvgIpc) is 3.03. The topological polar surface area (TPSA) is 64.2 Å². The summed E-state index contributed by atoms with van der Waals surface area (Å²) in [5.41, 5.74) is 7.62. The number of aromatic nitrogens is 2. The number of carbonyl (C=O) groups is 1. The third-order valence-corrected chi connectivity index (χ3v) is 4.23. The molecule has 0 aliphatic carbocycles. The van der Waals surface area contributed by atoms with Crippen LogP contribution >= 0.6 is 12.4 Å². The minimum Gasteiger partial charge on any atom is -0.334 e. The lowest BCUT2D eigenvalue weighted by molar-refractivity contribution is 0.0623. The number of rotatable bonds is 4. The predicted molar refractivity (Wildman–Crippen MR) is 92.7 cm³/mol. The van der Waals surface area contributed by atoms with Crippen molar-refractivity contribution in [2.45, 2.75) is 31.8 Å². The summed E-state index contributed by atoms with van der Waals surface area (Å²) in [6.07, 6.45) is 6.70. The molecule has 1 unspecified atom stereocenters. The van der Waals surface area contributed by atoms with Crippen LogP contribution in [0.5, 0.6) is 0 Å². The van der Waals surface area contributed by atoms with E-state index < -0.39 is 0 Å². The molecule has 0 spiro atoms. The number of halogens is 1. The zero-order chi connectivity index (χ0) is 15.4. The van der Waals surface area contributed by atoms with Crippen molar-refractivity contribution >= 4 is 18.3 Å². The van der Waals surface area contributed by atoms with Crippen molar-refractivity contribution in [2.24, 2.45) is 5.73 Å². The second kappa shape index (κ2) is 8.13. The van der Waals surface area contributed by atoms with Gasteiger partial charge >= 0.3 is 0 Å². The molecule has 2 heterocycles. The molecule has 0 radical (unpaired) electrons. The Kier molecular flexibility index (Phi) is 6.19. The van der Waals surface area contributed by atoms with Crippen LogP contribution in [-0.2, 0) is 6.54 Å². The second-order valence-corrected chi connectivity index (χ2v) is 5.80. The molecule has 1 saturated heterocycles. The molecule has 1 aliphatic heterocycles. The number of carbonyl (C=O) groups excluding carboxylic acids is 1. The van der Waals surface area contributed by atoms with Crippen LogP contribution in [0.2, 0.25) is 0 Å². The molecule has 1 aliphatic rings. The van der Waals surface area contributed by atoms with E-state index in [2.05, 4.69) is 17.2 Å². The number of hydrogen-bond acceptors (Lipinski definition) is 3. The summed E-state index contributed by atoms with van der Waals surface area (Å²) in [7, 11) is 0. The van der Waals surface area contributed by atoms with Crippen molar-refractivity contribution < 1.29 is 4.79 Å². The molecule has 0 saturated carbocycles. The molecule has 6 heteroatoms. The molecule has 1 aromatic carbocycles. The Labute approximate surface area is 142 Å². The van der Waals surface area contributed by atoms with E-state index >= 15 is 0 Å². The Morgan fingerprint density at radius 2 is 2.04 bits per heavy atom. The monoisotopic (exact) mass is 334 g/mol. The molecule has 1 aromatic heterocycles. The summed E-state index contributed by atoms with van der Waals surface area (Å²) in [6.45, 7) is 2.00. The normalized spacial score (nSPS) is 17.6. The Balaban J connectivity index is 0.00000192. The van der Waals surface area contributed by atoms with E-state index in [9.17, 15) is 4.79 Å². The fourth-order valence-corrected chi connectivity index (χ4v) is 3.01. The van der Waals surface area contributed by atoms with E-state index in [0.717, 1.165) is 25.8 Å². The smallest absolute Gasteiger partial charge is 0.257 e. The first-order chi connectivity index (χ1) is 10.8. The quantitative estimate of drug-likeness (QED) is 0.933. The molecule has 3 rings (SSSR count). The van der Waals surface area contributed by atoms with Crippen LogP contribution in [0, 0.1) is 0 Å². The van der Waals surface area contributed by atoms with Gasteiger partial charge in [0.05, 0.1) is 18.3 Å². The van der Waals surface area contributed by atoms with Crippen LogP contribution in [0.25, 0.3) is 0 Å².